The summed E-state index contributed by atoms with van der Waals surface area (Å²) in [6, 6.07) is 0.0322. The first-order valence-electron chi connectivity index (χ1n) is 12.0. The number of carbonyl (C=O) groups excluding carboxylic acids is 6. The molecule has 0 spiro atoms. The van der Waals surface area contributed by atoms with Gasteiger partial charge in [-0.3, -0.25) is 19.2 Å². The Morgan fingerprint density at radius 1 is 1.18 bits per heavy atom. The molecule has 13 nitrogen and oxygen atoms in total. The molecule has 1 saturated heterocycles. The maximum Gasteiger partial charge on any atom is 0.349 e. The Bertz CT molecular complexity index is 1090. The van der Waals surface area contributed by atoms with Crippen molar-refractivity contribution < 1.29 is 52.5 Å². The molecule has 0 bridgehead atoms. The van der Waals surface area contributed by atoms with Gasteiger partial charge in [0, 0.05) is 13.1 Å². The fourth-order valence-corrected chi connectivity index (χ4v) is 3.45. The summed E-state index contributed by atoms with van der Waals surface area (Å²) >= 11 is 0. The second kappa shape index (κ2) is 13.5. The topological polar surface area (TPSA) is 173 Å². The zero-order valence-corrected chi connectivity index (χ0v) is 22.1. The molecule has 38 heavy (non-hydrogen) atoms. The number of esters is 5. The van der Waals surface area contributed by atoms with Crippen LogP contribution in [0.3, 0.4) is 0 Å². The number of nitrogens with one attached hydrogen (secondary N) is 1. The lowest BCUT2D eigenvalue weighted by molar-refractivity contribution is -0.176. The molecule has 1 N–H and O–H groups in total. The molecule has 4 unspecified atom stereocenters. The van der Waals surface area contributed by atoms with Crippen molar-refractivity contribution in [2.75, 3.05) is 13.2 Å². The maximum absolute atomic E-state index is 13.1. The number of ether oxygens (including phenoxy) is 5. The zero-order valence-electron chi connectivity index (χ0n) is 22.1. The summed E-state index contributed by atoms with van der Waals surface area (Å²) in [5, 5.41) is 2.38. The maximum atomic E-state index is 13.1. The van der Waals surface area contributed by atoms with Gasteiger partial charge in [-0.1, -0.05) is 20.8 Å². The van der Waals surface area contributed by atoms with Gasteiger partial charge in [-0.05, 0) is 31.9 Å². The number of nitrogens with zero attached hydrogens (tertiary/aromatic N) is 1. The average Bonchev–Trinajstić information content (AvgIpc) is 2.88. The number of aryl methyl sites for hydroxylation is 1. The lowest BCUT2D eigenvalue weighted by atomic mass is 9.95. The van der Waals surface area contributed by atoms with Crippen LogP contribution in [0.5, 0.6) is 5.75 Å². The summed E-state index contributed by atoms with van der Waals surface area (Å²) in [4.78, 5) is 78.0. The van der Waals surface area contributed by atoms with E-state index in [2.05, 4.69) is 15.0 Å². The molecule has 0 radical (unpaired) electrons. The minimum absolute atomic E-state index is 0.212. The van der Waals surface area contributed by atoms with Crippen LogP contribution in [0.1, 0.15) is 57.1 Å². The van der Waals surface area contributed by atoms with Crippen LogP contribution in [0, 0.1) is 18.8 Å². The van der Waals surface area contributed by atoms with Gasteiger partial charge in [0.2, 0.25) is 0 Å². The molecular weight excluding hydrogens is 504 g/mol. The van der Waals surface area contributed by atoms with Gasteiger partial charge in [-0.25, -0.2) is 14.6 Å². The van der Waals surface area contributed by atoms with Gasteiger partial charge >= 0.3 is 29.8 Å². The van der Waals surface area contributed by atoms with Crippen molar-refractivity contribution >= 4 is 35.8 Å². The first kappa shape index (κ1) is 30.2. The van der Waals surface area contributed by atoms with Crippen LogP contribution < -0.4 is 10.1 Å². The number of amides is 1. The van der Waals surface area contributed by atoms with Crippen molar-refractivity contribution in [3.8, 4) is 5.75 Å². The average molecular weight is 537 g/mol. The monoisotopic (exact) mass is 536 g/mol. The number of cyclic esters (lactones) is 2. The number of aromatic nitrogens is 1. The van der Waals surface area contributed by atoms with Crippen LogP contribution in [0.4, 0.5) is 0 Å². The minimum atomic E-state index is -1.45. The van der Waals surface area contributed by atoms with Gasteiger partial charge in [0.1, 0.15) is 12.7 Å². The second-order valence-electron chi connectivity index (χ2n) is 8.93. The highest BCUT2D eigenvalue weighted by Gasteiger charge is 2.41. The molecule has 2 rings (SSSR count). The number of rotatable bonds is 8. The van der Waals surface area contributed by atoms with Gasteiger partial charge < -0.3 is 29.0 Å². The highest BCUT2D eigenvalue weighted by molar-refractivity contribution is 5.98. The molecule has 0 aliphatic carbocycles. The van der Waals surface area contributed by atoms with E-state index in [4.69, 9.17) is 18.9 Å². The molecule has 13 heteroatoms. The summed E-state index contributed by atoms with van der Waals surface area (Å²) in [5.74, 6) is -6.43. The SMILES string of the molecule is CCC1C(=O)OCC(NC(=O)c2nccc(C)c2OC(=O)COC(C)=O)C(=O)OC(C)C1OC(=O)C(C)C. The van der Waals surface area contributed by atoms with E-state index in [0.29, 0.717) is 5.56 Å². The molecule has 0 aromatic carbocycles. The summed E-state index contributed by atoms with van der Waals surface area (Å²) in [5.41, 5.74) is 0.0161. The van der Waals surface area contributed by atoms with Crippen LogP contribution in [0.15, 0.2) is 12.3 Å². The fraction of sp³-hybridized carbons (Fsp3) is 0.560. The molecule has 2 heterocycles. The number of pyridine rings is 1. The van der Waals surface area contributed by atoms with E-state index >= 15 is 0 Å². The lowest BCUT2D eigenvalue weighted by Crippen LogP contribution is -2.47. The largest absolute Gasteiger partial charge is 0.463 e. The minimum Gasteiger partial charge on any atom is -0.463 e. The molecule has 4 atom stereocenters. The van der Waals surface area contributed by atoms with E-state index < -0.39 is 79.1 Å². The van der Waals surface area contributed by atoms with E-state index in [1.54, 1.807) is 27.7 Å². The summed E-state index contributed by atoms with van der Waals surface area (Å²) < 4.78 is 26.0. The van der Waals surface area contributed by atoms with Gasteiger partial charge in [0.25, 0.3) is 5.91 Å². The van der Waals surface area contributed by atoms with Crippen LogP contribution in [-0.4, -0.2) is 72.2 Å². The highest BCUT2D eigenvalue weighted by Crippen LogP contribution is 2.24. The zero-order chi connectivity index (χ0) is 28.6. The van der Waals surface area contributed by atoms with Crippen LogP contribution in [0.2, 0.25) is 0 Å². The number of hydrogen-bond donors (Lipinski definition) is 1. The Hall–Kier alpha value is -4.03. The van der Waals surface area contributed by atoms with Gasteiger partial charge in [-0.2, -0.15) is 0 Å². The first-order chi connectivity index (χ1) is 17.8. The van der Waals surface area contributed by atoms with Crippen molar-refractivity contribution in [2.24, 2.45) is 11.8 Å². The van der Waals surface area contributed by atoms with Crippen molar-refractivity contribution in [3.63, 3.8) is 0 Å². The Labute approximate surface area is 219 Å². The Balaban J connectivity index is 2.26. The van der Waals surface area contributed by atoms with E-state index in [1.165, 1.54) is 19.2 Å². The predicted octanol–water partition coefficient (Wildman–Crippen LogP) is 1.04. The molecule has 208 valence electrons. The van der Waals surface area contributed by atoms with Crippen molar-refractivity contribution in [1.29, 1.82) is 0 Å². The van der Waals surface area contributed by atoms with E-state index in [9.17, 15) is 28.8 Å². The standard InChI is InChI=1S/C25H32N2O11/c1-7-16-21(38-23(31)12(2)3)14(5)36-25(33)17(10-35-24(16)32)27-22(30)19-20(13(4)8-9-26-19)37-18(29)11-34-15(6)28/h8-9,12,14,16-17,21H,7,10-11H2,1-6H3,(H,27,30). The Morgan fingerprint density at radius 2 is 1.87 bits per heavy atom. The van der Waals surface area contributed by atoms with E-state index in [0.717, 1.165) is 6.92 Å². The molecule has 1 aliphatic heterocycles. The smallest absolute Gasteiger partial charge is 0.349 e. The lowest BCUT2D eigenvalue weighted by Gasteiger charge is -2.29. The molecule has 0 saturated carbocycles. The normalized spacial score (nSPS) is 21.7. The predicted molar refractivity (Wildman–Crippen MR) is 128 cm³/mol. The molecule has 1 amide bonds. The Kier molecular flexibility index (Phi) is 10.7. The molecule has 1 aromatic rings. The fourth-order valence-electron chi connectivity index (χ4n) is 3.45. The van der Waals surface area contributed by atoms with E-state index in [1.807, 2.05) is 0 Å². The van der Waals surface area contributed by atoms with Crippen LogP contribution in [0.25, 0.3) is 0 Å². The Morgan fingerprint density at radius 3 is 2.47 bits per heavy atom. The van der Waals surface area contributed by atoms with Gasteiger partial charge in [0.15, 0.2) is 30.2 Å². The third kappa shape index (κ3) is 7.98. The third-order valence-electron chi connectivity index (χ3n) is 5.54. The van der Waals surface area contributed by atoms with Gasteiger partial charge in [-0.15, -0.1) is 0 Å². The van der Waals surface area contributed by atoms with Crippen molar-refractivity contribution in [3.05, 3.63) is 23.5 Å². The summed E-state index contributed by atoms with van der Waals surface area (Å²) in [6.45, 7) is 7.83. The third-order valence-corrected chi connectivity index (χ3v) is 5.54. The van der Waals surface area contributed by atoms with Crippen molar-refractivity contribution in [2.45, 2.75) is 66.2 Å². The molecule has 1 aromatic heterocycles. The van der Waals surface area contributed by atoms with Crippen LogP contribution in [-0.2, 0) is 42.9 Å². The highest BCUT2D eigenvalue weighted by atomic mass is 16.6. The molecule has 1 aliphatic rings. The first-order valence-corrected chi connectivity index (χ1v) is 12.0. The summed E-state index contributed by atoms with van der Waals surface area (Å²) in [6.07, 6.45) is -0.600. The number of carbonyl (C=O) groups is 6. The van der Waals surface area contributed by atoms with Crippen molar-refractivity contribution in [1.82, 2.24) is 10.3 Å². The quantitative estimate of drug-likeness (QED) is 0.370. The van der Waals surface area contributed by atoms with E-state index in [-0.39, 0.29) is 17.9 Å². The molecular formula is C25H32N2O11. The summed E-state index contributed by atoms with van der Waals surface area (Å²) in [7, 11) is 0. The van der Waals surface area contributed by atoms with Gasteiger partial charge in [0.05, 0.1) is 11.8 Å². The number of hydrogen-bond acceptors (Lipinski definition) is 12. The van der Waals surface area contributed by atoms with Crippen LogP contribution >= 0.6 is 0 Å². The second-order valence-corrected chi connectivity index (χ2v) is 8.93. The molecule has 1 fully saturated rings.